The molecule has 1 fully saturated rings. The van der Waals surface area contributed by atoms with Gasteiger partial charge in [-0.2, -0.15) is 0 Å². The second-order valence-corrected chi connectivity index (χ2v) is 7.61. The maximum atomic E-state index is 12.9. The van der Waals surface area contributed by atoms with Crippen molar-refractivity contribution in [3.8, 4) is 5.75 Å². The number of benzene rings is 1. The average Bonchev–Trinajstić information content (AvgIpc) is 3.22. The van der Waals surface area contributed by atoms with E-state index < -0.39 is 6.04 Å². The van der Waals surface area contributed by atoms with Crippen molar-refractivity contribution in [1.29, 1.82) is 0 Å². The third kappa shape index (κ3) is 4.66. The number of likely N-dealkylation sites (N-methyl/N-ethyl adjacent to an activating group) is 1. The minimum absolute atomic E-state index is 0.120. The largest absolute Gasteiger partial charge is 0.491 e. The zero-order valence-corrected chi connectivity index (χ0v) is 17.7. The summed E-state index contributed by atoms with van der Waals surface area (Å²) in [6.45, 7) is 4.20. The van der Waals surface area contributed by atoms with Gasteiger partial charge in [0, 0.05) is 38.2 Å². The van der Waals surface area contributed by atoms with Gasteiger partial charge in [0.2, 0.25) is 11.7 Å². The number of hydrogen-bond acceptors (Lipinski definition) is 6. The van der Waals surface area contributed by atoms with Gasteiger partial charge in [0.25, 0.3) is 5.91 Å². The van der Waals surface area contributed by atoms with Gasteiger partial charge in [-0.05, 0) is 31.7 Å². The molecule has 9 heteroatoms. The number of nitrogens with zero attached hydrogens (tertiary/aromatic N) is 5. The van der Waals surface area contributed by atoms with E-state index >= 15 is 0 Å². The molecule has 3 aromatic rings. The van der Waals surface area contributed by atoms with E-state index in [-0.39, 0.29) is 11.8 Å². The van der Waals surface area contributed by atoms with E-state index in [1.165, 1.54) is 0 Å². The van der Waals surface area contributed by atoms with Crippen molar-refractivity contribution in [3.63, 3.8) is 0 Å². The summed E-state index contributed by atoms with van der Waals surface area (Å²) < 4.78 is 7.45. The van der Waals surface area contributed by atoms with Gasteiger partial charge < -0.3 is 15.0 Å². The molecule has 31 heavy (non-hydrogen) atoms. The van der Waals surface area contributed by atoms with E-state index in [0.29, 0.717) is 44.3 Å². The Morgan fingerprint density at radius 1 is 1.23 bits per heavy atom. The Morgan fingerprint density at radius 2 is 2.06 bits per heavy atom. The topological polar surface area (TPSA) is 92.1 Å². The zero-order chi connectivity index (χ0) is 21.8. The molecule has 3 heterocycles. The Hall–Kier alpha value is -3.46. The van der Waals surface area contributed by atoms with Crippen LogP contribution < -0.4 is 10.1 Å². The Labute approximate surface area is 180 Å². The van der Waals surface area contributed by atoms with Crippen LogP contribution in [-0.2, 0) is 4.79 Å². The predicted molar refractivity (Wildman–Crippen MR) is 115 cm³/mol. The fourth-order valence-corrected chi connectivity index (χ4v) is 3.61. The maximum Gasteiger partial charge on any atom is 0.274 e. The number of hydrogen-bond donors (Lipinski definition) is 1. The van der Waals surface area contributed by atoms with Crippen LogP contribution in [0.5, 0.6) is 5.75 Å². The quantitative estimate of drug-likeness (QED) is 0.596. The van der Waals surface area contributed by atoms with Gasteiger partial charge in [0.1, 0.15) is 24.1 Å². The van der Waals surface area contributed by atoms with Gasteiger partial charge in [-0.15, -0.1) is 0 Å². The van der Waals surface area contributed by atoms with Gasteiger partial charge >= 0.3 is 0 Å². The summed E-state index contributed by atoms with van der Waals surface area (Å²) in [5.41, 5.74) is 1.38. The zero-order valence-electron chi connectivity index (χ0n) is 17.7. The summed E-state index contributed by atoms with van der Waals surface area (Å²) >= 11 is 0. The standard InChI is InChI=1S/C22H26N6O3/c1-16-6-3-4-7-19(16)31-13-9-23-20(29)18-15-27(12-11-26(18)2)21(30)17-14-28-10-5-8-24-22(28)25-17/h3-8,10,14,18H,9,11-13,15H2,1-2H3,(H,23,29)/t18-/m1/s1. The SMILES string of the molecule is Cc1ccccc1OCCNC(=O)[C@H]1CN(C(=O)c2cn3cccnc3n2)CCN1C. The van der Waals surface area contributed by atoms with E-state index in [1.807, 2.05) is 43.1 Å². The van der Waals surface area contributed by atoms with Gasteiger partial charge in [0.15, 0.2) is 0 Å². The molecule has 2 aromatic heterocycles. The van der Waals surface area contributed by atoms with Crippen LogP contribution in [0, 0.1) is 6.92 Å². The number of aryl methyl sites for hydroxylation is 1. The number of ether oxygens (including phenoxy) is 1. The maximum absolute atomic E-state index is 12.9. The highest BCUT2D eigenvalue weighted by Gasteiger charge is 2.33. The number of aromatic nitrogens is 3. The van der Waals surface area contributed by atoms with Crippen LogP contribution in [0.3, 0.4) is 0 Å². The Balaban J connectivity index is 1.33. The fraction of sp³-hybridized carbons (Fsp3) is 0.364. The van der Waals surface area contributed by atoms with E-state index in [9.17, 15) is 9.59 Å². The lowest BCUT2D eigenvalue weighted by Crippen LogP contribution is -2.59. The molecular weight excluding hydrogens is 396 g/mol. The third-order valence-electron chi connectivity index (χ3n) is 5.44. The number of carbonyl (C=O) groups excluding carboxylic acids is 2. The highest BCUT2D eigenvalue weighted by molar-refractivity contribution is 5.93. The van der Waals surface area contributed by atoms with E-state index in [4.69, 9.17) is 4.74 Å². The summed E-state index contributed by atoms with van der Waals surface area (Å²) in [4.78, 5) is 37.8. The lowest BCUT2D eigenvalue weighted by molar-refractivity contribution is -0.127. The number of rotatable bonds is 6. The average molecular weight is 422 g/mol. The van der Waals surface area contributed by atoms with Crippen molar-refractivity contribution in [1.82, 2.24) is 29.5 Å². The molecule has 0 aliphatic carbocycles. The number of imidazole rings is 1. The molecule has 4 rings (SSSR count). The van der Waals surface area contributed by atoms with Crippen molar-refractivity contribution in [2.45, 2.75) is 13.0 Å². The van der Waals surface area contributed by atoms with Crippen molar-refractivity contribution >= 4 is 17.6 Å². The minimum Gasteiger partial charge on any atom is -0.491 e. The highest BCUT2D eigenvalue weighted by atomic mass is 16.5. The predicted octanol–water partition coefficient (Wildman–Crippen LogP) is 0.989. The summed E-state index contributed by atoms with van der Waals surface area (Å²) in [6, 6.07) is 9.12. The van der Waals surface area contributed by atoms with Crippen LogP contribution in [0.1, 0.15) is 16.1 Å². The molecule has 2 amide bonds. The van der Waals surface area contributed by atoms with Crippen LogP contribution in [0.4, 0.5) is 0 Å². The fourth-order valence-electron chi connectivity index (χ4n) is 3.61. The molecule has 0 unspecified atom stereocenters. The molecular formula is C22H26N6O3. The molecule has 0 spiro atoms. The number of para-hydroxylation sites is 1. The molecule has 1 N–H and O–H groups in total. The highest BCUT2D eigenvalue weighted by Crippen LogP contribution is 2.16. The molecule has 1 aliphatic heterocycles. The van der Waals surface area contributed by atoms with Crippen LogP contribution in [-0.4, -0.2) is 81.9 Å². The van der Waals surface area contributed by atoms with Crippen LogP contribution in [0.2, 0.25) is 0 Å². The van der Waals surface area contributed by atoms with E-state index in [1.54, 1.807) is 34.0 Å². The molecule has 1 aromatic carbocycles. The van der Waals surface area contributed by atoms with E-state index in [0.717, 1.165) is 11.3 Å². The first-order chi connectivity index (χ1) is 15.0. The number of carbonyl (C=O) groups is 2. The lowest BCUT2D eigenvalue weighted by Gasteiger charge is -2.38. The lowest BCUT2D eigenvalue weighted by atomic mass is 10.1. The first-order valence-corrected chi connectivity index (χ1v) is 10.3. The summed E-state index contributed by atoms with van der Waals surface area (Å²) in [6.07, 6.45) is 5.10. The van der Waals surface area contributed by atoms with Gasteiger partial charge in [-0.25, -0.2) is 9.97 Å². The first-order valence-electron chi connectivity index (χ1n) is 10.3. The monoisotopic (exact) mass is 422 g/mol. The van der Waals surface area contributed by atoms with Gasteiger partial charge in [-0.3, -0.25) is 18.9 Å². The van der Waals surface area contributed by atoms with Gasteiger partial charge in [0.05, 0.1) is 6.54 Å². The molecule has 1 atom stereocenters. The molecule has 0 saturated carbocycles. The second kappa shape index (κ2) is 9.13. The van der Waals surface area contributed by atoms with E-state index in [2.05, 4.69) is 15.3 Å². The number of piperazine rings is 1. The second-order valence-electron chi connectivity index (χ2n) is 7.61. The number of fused-ring (bicyclic) bond motifs is 1. The number of amides is 2. The van der Waals surface area contributed by atoms with Crippen LogP contribution in [0.25, 0.3) is 5.78 Å². The molecule has 0 bridgehead atoms. The summed E-state index contributed by atoms with van der Waals surface area (Å²) in [7, 11) is 1.89. The van der Waals surface area contributed by atoms with Crippen molar-refractivity contribution in [2.75, 3.05) is 39.8 Å². The van der Waals surface area contributed by atoms with Crippen molar-refractivity contribution in [3.05, 3.63) is 60.2 Å². The first kappa shape index (κ1) is 20.8. The Kier molecular flexibility index (Phi) is 6.13. The normalized spacial score (nSPS) is 17.0. The minimum atomic E-state index is -0.425. The molecule has 0 radical (unpaired) electrons. The third-order valence-corrected chi connectivity index (χ3v) is 5.44. The molecule has 9 nitrogen and oxygen atoms in total. The van der Waals surface area contributed by atoms with Crippen LogP contribution >= 0.6 is 0 Å². The van der Waals surface area contributed by atoms with Gasteiger partial charge in [-0.1, -0.05) is 18.2 Å². The molecule has 1 saturated heterocycles. The Bertz CT molecular complexity index is 1050. The molecule has 162 valence electrons. The van der Waals surface area contributed by atoms with Crippen molar-refractivity contribution in [2.24, 2.45) is 0 Å². The van der Waals surface area contributed by atoms with Crippen molar-refractivity contribution < 1.29 is 14.3 Å². The summed E-state index contributed by atoms with van der Waals surface area (Å²) in [5.74, 6) is 0.970. The number of nitrogens with one attached hydrogen (secondary N) is 1. The Morgan fingerprint density at radius 3 is 2.87 bits per heavy atom. The molecule has 1 aliphatic rings. The van der Waals surface area contributed by atoms with Crippen LogP contribution in [0.15, 0.2) is 48.9 Å². The summed E-state index contributed by atoms with van der Waals surface area (Å²) in [5, 5.41) is 2.92. The smallest absolute Gasteiger partial charge is 0.274 e.